The largest absolute Gasteiger partial charge is 0.481 e. The normalized spacial score (nSPS) is 54.1. The minimum Gasteiger partial charge on any atom is -0.481 e. The van der Waals surface area contributed by atoms with Gasteiger partial charge in [-0.25, -0.2) is 0 Å². The van der Waals surface area contributed by atoms with Crippen LogP contribution in [-0.2, 0) is 4.79 Å². The minimum atomic E-state index is -0.588. The highest BCUT2D eigenvalue weighted by Crippen LogP contribution is 2.75. The molecule has 34 heavy (non-hydrogen) atoms. The minimum absolute atomic E-state index is 0.0204. The van der Waals surface area contributed by atoms with Crippen LogP contribution in [0.1, 0.15) is 106 Å². The lowest BCUT2D eigenvalue weighted by molar-refractivity contribution is -0.216. The maximum Gasteiger partial charge on any atom is 0.310 e. The molecule has 192 valence electrons. The van der Waals surface area contributed by atoms with E-state index in [2.05, 4.69) is 47.6 Å². The van der Waals surface area contributed by atoms with Gasteiger partial charge in [0.05, 0.1) is 18.1 Å². The number of allylic oxidation sites excluding steroid dienone is 2. The number of rotatable bonds is 2. The quantitative estimate of drug-likeness (QED) is 0.418. The highest BCUT2D eigenvalue weighted by Gasteiger charge is 2.69. The zero-order valence-electron chi connectivity index (χ0n) is 22.4. The van der Waals surface area contributed by atoms with Gasteiger partial charge in [-0.15, -0.1) is 0 Å². The van der Waals surface area contributed by atoms with Crippen LogP contribution < -0.4 is 0 Å². The number of aliphatic hydroxyl groups excluding tert-OH is 2. The second-order valence-corrected chi connectivity index (χ2v) is 14.9. The molecule has 0 radical (unpaired) electrons. The summed E-state index contributed by atoms with van der Waals surface area (Å²) in [5.41, 5.74) is 0.858. The summed E-state index contributed by atoms with van der Waals surface area (Å²) < 4.78 is 0. The van der Waals surface area contributed by atoms with Crippen molar-refractivity contribution in [3.05, 3.63) is 11.6 Å². The van der Waals surface area contributed by atoms with E-state index in [-0.39, 0.29) is 34.2 Å². The molecule has 0 bridgehead atoms. The number of hydrogen-bond acceptors (Lipinski definition) is 3. The highest BCUT2D eigenvalue weighted by atomic mass is 16.4. The first-order valence-electron chi connectivity index (χ1n) is 13.9. The molecule has 0 heterocycles. The van der Waals surface area contributed by atoms with Crippen molar-refractivity contribution in [3.8, 4) is 0 Å². The molecule has 0 aromatic rings. The van der Waals surface area contributed by atoms with Crippen molar-refractivity contribution in [2.75, 3.05) is 6.61 Å². The number of hydrogen-bond donors (Lipinski definition) is 3. The van der Waals surface area contributed by atoms with Crippen LogP contribution in [0.4, 0.5) is 0 Å². The first-order valence-corrected chi connectivity index (χ1v) is 13.9. The molecule has 0 amide bonds. The van der Waals surface area contributed by atoms with E-state index in [9.17, 15) is 20.1 Å². The van der Waals surface area contributed by atoms with E-state index in [1.165, 1.54) is 5.57 Å². The Kier molecular flexibility index (Phi) is 5.36. The van der Waals surface area contributed by atoms with Crippen LogP contribution in [0.25, 0.3) is 0 Å². The third-order valence-electron chi connectivity index (χ3n) is 13.2. The molecule has 0 spiro atoms. The lowest BCUT2D eigenvalue weighted by atomic mass is 9.33. The van der Waals surface area contributed by atoms with Gasteiger partial charge in [-0.2, -0.15) is 0 Å². The number of carboxylic acid groups (broad SMARTS) is 1. The third kappa shape index (κ3) is 2.88. The van der Waals surface area contributed by atoms with Crippen molar-refractivity contribution in [1.29, 1.82) is 0 Å². The maximum atomic E-state index is 12.8. The van der Waals surface area contributed by atoms with Gasteiger partial charge in [0.25, 0.3) is 0 Å². The molecule has 3 N–H and O–H groups in total. The Morgan fingerprint density at radius 1 is 0.941 bits per heavy atom. The number of fused-ring (bicyclic) bond motifs is 7. The zero-order chi connectivity index (χ0) is 24.9. The maximum absolute atomic E-state index is 12.8. The van der Waals surface area contributed by atoms with Crippen LogP contribution in [0, 0.1) is 50.2 Å². The van der Waals surface area contributed by atoms with Crippen molar-refractivity contribution >= 4 is 5.97 Å². The van der Waals surface area contributed by atoms with Gasteiger partial charge in [-0.05, 0) is 104 Å². The summed E-state index contributed by atoms with van der Waals surface area (Å²) in [5.74, 6) is 0.395. The lowest BCUT2D eigenvalue weighted by Crippen LogP contribution is -2.65. The molecule has 4 heteroatoms. The molecule has 5 rings (SSSR count). The average molecular weight is 473 g/mol. The number of aliphatic hydroxyl groups is 2. The summed E-state index contributed by atoms with van der Waals surface area (Å²) in [7, 11) is 0. The Balaban J connectivity index is 1.60. The summed E-state index contributed by atoms with van der Waals surface area (Å²) in [5, 5.41) is 31.8. The van der Waals surface area contributed by atoms with Crippen LogP contribution in [-0.4, -0.2) is 34.0 Å². The highest BCUT2D eigenvalue weighted by molar-refractivity contribution is 5.76. The fourth-order valence-corrected chi connectivity index (χ4v) is 10.7. The van der Waals surface area contributed by atoms with Gasteiger partial charge in [-0.3, -0.25) is 4.79 Å². The molecule has 0 aliphatic heterocycles. The topological polar surface area (TPSA) is 77.8 Å². The molecule has 4 fully saturated rings. The molecular weight excluding hydrogens is 424 g/mol. The van der Waals surface area contributed by atoms with Gasteiger partial charge < -0.3 is 15.3 Å². The third-order valence-corrected chi connectivity index (χ3v) is 13.2. The van der Waals surface area contributed by atoms with E-state index in [1.807, 2.05) is 0 Å². The Labute approximate surface area is 206 Å². The average Bonchev–Trinajstić information content (AvgIpc) is 2.76. The zero-order valence-corrected chi connectivity index (χ0v) is 22.4. The molecule has 4 saturated carbocycles. The van der Waals surface area contributed by atoms with Gasteiger partial charge in [0.1, 0.15) is 0 Å². The SMILES string of the molecule is CC1(C)CC[C@]2(C(=O)O)CC[C@]3(C)C(=CCC4[C@@]5(C)CC[C@H](O)[C@@](C)(CO)[C@@H]5CC[C@]43C)[C@@H]2C1. The number of aliphatic carboxylic acids is 1. The van der Waals surface area contributed by atoms with Gasteiger partial charge in [-0.1, -0.05) is 53.2 Å². The summed E-state index contributed by atoms with van der Waals surface area (Å²) in [4.78, 5) is 12.8. The molecular formula is C30H48O4. The molecule has 0 aromatic heterocycles. The summed E-state index contributed by atoms with van der Waals surface area (Å²) in [6.07, 6.45) is 11.6. The van der Waals surface area contributed by atoms with Crippen LogP contribution in [0.2, 0.25) is 0 Å². The monoisotopic (exact) mass is 472 g/mol. The number of carbonyl (C=O) groups is 1. The smallest absolute Gasteiger partial charge is 0.310 e. The lowest BCUT2D eigenvalue weighted by Gasteiger charge is -2.71. The fourth-order valence-electron chi connectivity index (χ4n) is 10.7. The Morgan fingerprint density at radius 2 is 1.62 bits per heavy atom. The summed E-state index contributed by atoms with van der Waals surface area (Å²) in [6, 6.07) is 0. The van der Waals surface area contributed by atoms with Crippen molar-refractivity contribution in [3.63, 3.8) is 0 Å². The summed E-state index contributed by atoms with van der Waals surface area (Å²) in [6.45, 7) is 14.3. The molecule has 5 aliphatic rings. The Morgan fingerprint density at radius 3 is 2.26 bits per heavy atom. The van der Waals surface area contributed by atoms with Gasteiger partial charge in [0.15, 0.2) is 0 Å². The van der Waals surface area contributed by atoms with E-state index in [0.717, 1.165) is 64.2 Å². The van der Waals surface area contributed by atoms with Gasteiger partial charge in [0.2, 0.25) is 0 Å². The van der Waals surface area contributed by atoms with Gasteiger partial charge in [0, 0.05) is 5.41 Å². The Bertz CT molecular complexity index is 907. The van der Waals surface area contributed by atoms with Crippen LogP contribution in [0.15, 0.2) is 11.6 Å². The van der Waals surface area contributed by atoms with Gasteiger partial charge >= 0.3 is 5.97 Å². The summed E-state index contributed by atoms with van der Waals surface area (Å²) >= 11 is 0. The molecule has 5 aliphatic carbocycles. The van der Waals surface area contributed by atoms with Crippen molar-refractivity contribution in [2.24, 2.45) is 50.2 Å². The standard InChI is InChI=1S/C30H48O4/c1-25(2)13-15-30(24(33)34)16-14-28(5)19(20(30)17-25)7-8-22-26(3)11-10-23(32)27(4,18-31)21(26)9-12-29(22,28)6/h7,20-23,31-32H,8-18H2,1-6H3,(H,33,34)/t20-,21+,22?,23-,26-,27-,28+,29+,30-/m0/s1. The second kappa shape index (κ2) is 7.34. The molecule has 4 nitrogen and oxygen atoms in total. The van der Waals surface area contributed by atoms with E-state index in [0.29, 0.717) is 11.8 Å². The van der Waals surface area contributed by atoms with Crippen LogP contribution in [0.3, 0.4) is 0 Å². The van der Waals surface area contributed by atoms with Crippen molar-refractivity contribution in [1.82, 2.24) is 0 Å². The van der Waals surface area contributed by atoms with E-state index < -0.39 is 22.9 Å². The van der Waals surface area contributed by atoms with Crippen LogP contribution >= 0.6 is 0 Å². The van der Waals surface area contributed by atoms with E-state index in [4.69, 9.17) is 0 Å². The second-order valence-electron chi connectivity index (χ2n) is 14.9. The van der Waals surface area contributed by atoms with E-state index >= 15 is 0 Å². The first-order chi connectivity index (χ1) is 15.7. The molecule has 1 unspecified atom stereocenters. The number of carboxylic acids is 1. The predicted octanol–water partition coefficient (Wildman–Crippen LogP) is 6.21. The van der Waals surface area contributed by atoms with Crippen LogP contribution in [0.5, 0.6) is 0 Å². The van der Waals surface area contributed by atoms with E-state index in [1.54, 1.807) is 0 Å². The molecule has 9 atom stereocenters. The fraction of sp³-hybridized carbons (Fsp3) is 0.900. The first kappa shape index (κ1) is 24.8. The molecule has 0 saturated heterocycles. The van der Waals surface area contributed by atoms with Crippen molar-refractivity contribution in [2.45, 2.75) is 112 Å². The van der Waals surface area contributed by atoms with Crippen molar-refractivity contribution < 1.29 is 20.1 Å². The predicted molar refractivity (Wildman–Crippen MR) is 134 cm³/mol. The Hall–Kier alpha value is -0.870. The molecule has 0 aromatic carbocycles.